The Labute approximate surface area is 95.8 Å². The van der Waals surface area contributed by atoms with Gasteiger partial charge in [-0.2, -0.15) is 0 Å². The fourth-order valence-corrected chi connectivity index (χ4v) is 2.00. The van der Waals surface area contributed by atoms with E-state index in [1.165, 1.54) is 0 Å². The van der Waals surface area contributed by atoms with Crippen LogP contribution in [0.25, 0.3) is 5.57 Å². The molecule has 3 heteroatoms. The maximum absolute atomic E-state index is 11.7. The van der Waals surface area contributed by atoms with E-state index in [2.05, 4.69) is 11.9 Å². The third-order valence-corrected chi connectivity index (χ3v) is 2.99. The number of amides is 1. The third kappa shape index (κ3) is 1.74. The number of carbonyl (C=O) groups excluding carboxylic acids is 1. The molecule has 2 atom stereocenters. The number of carbonyl (C=O) groups is 1. The highest BCUT2D eigenvalue weighted by Crippen LogP contribution is 2.22. The Morgan fingerprint density at radius 1 is 1.38 bits per heavy atom. The molecule has 1 aromatic carbocycles. The predicted octanol–water partition coefficient (Wildman–Crippen LogP) is 1.48. The second-order valence-electron chi connectivity index (χ2n) is 4.13. The maximum Gasteiger partial charge on any atom is 0.240 e. The lowest BCUT2D eigenvalue weighted by Gasteiger charge is -2.21. The molecule has 84 valence electrons. The standard InChI is InChI=1S/C13H16N2O/c1-9(11-7-5-4-6-8-11)12-14-10(2)13(16)15(12)3/h4-8,10,12,14H,1H2,2-3H3/t10-,12-/m0/s1. The number of benzene rings is 1. The summed E-state index contributed by atoms with van der Waals surface area (Å²) in [7, 11) is 1.80. The number of likely N-dealkylation sites (N-methyl/N-ethyl adjacent to an activating group) is 1. The highest BCUT2D eigenvalue weighted by atomic mass is 16.2. The molecule has 0 aromatic heterocycles. The molecule has 1 aliphatic rings. The van der Waals surface area contributed by atoms with Gasteiger partial charge in [-0.15, -0.1) is 0 Å². The molecule has 1 heterocycles. The molecular weight excluding hydrogens is 200 g/mol. The Bertz CT molecular complexity index is 413. The summed E-state index contributed by atoms with van der Waals surface area (Å²) in [5, 5.41) is 3.23. The zero-order valence-corrected chi connectivity index (χ0v) is 9.60. The first-order valence-electron chi connectivity index (χ1n) is 5.38. The highest BCUT2D eigenvalue weighted by molar-refractivity contribution is 5.87. The van der Waals surface area contributed by atoms with Gasteiger partial charge < -0.3 is 4.90 Å². The first-order chi connectivity index (χ1) is 7.61. The quantitative estimate of drug-likeness (QED) is 0.812. The summed E-state index contributed by atoms with van der Waals surface area (Å²) in [5.74, 6) is 0.113. The van der Waals surface area contributed by atoms with Crippen LogP contribution in [0.15, 0.2) is 36.9 Å². The van der Waals surface area contributed by atoms with Crippen molar-refractivity contribution in [1.29, 1.82) is 0 Å². The predicted molar refractivity (Wildman–Crippen MR) is 64.6 cm³/mol. The van der Waals surface area contributed by atoms with Crippen LogP contribution in [0.4, 0.5) is 0 Å². The van der Waals surface area contributed by atoms with E-state index < -0.39 is 0 Å². The lowest BCUT2D eigenvalue weighted by atomic mass is 10.1. The number of nitrogens with zero attached hydrogens (tertiary/aromatic N) is 1. The molecule has 1 aliphatic heterocycles. The van der Waals surface area contributed by atoms with E-state index in [0.717, 1.165) is 11.1 Å². The number of rotatable bonds is 2. The van der Waals surface area contributed by atoms with Gasteiger partial charge in [-0.05, 0) is 18.1 Å². The molecule has 2 rings (SSSR count). The monoisotopic (exact) mass is 216 g/mol. The van der Waals surface area contributed by atoms with Gasteiger partial charge in [0.15, 0.2) is 0 Å². The van der Waals surface area contributed by atoms with Crippen molar-refractivity contribution in [3.63, 3.8) is 0 Å². The average Bonchev–Trinajstić information content (AvgIpc) is 2.57. The van der Waals surface area contributed by atoms with Gasteiger partial charge in [0.1, 0.15) is 6.17 Å². The molecule has 0 unspecified atom stereocenters. The second-order valence-corrected chi connectivity index (χ2v) is 4.13. The zero-order chi connectivity index (χ0) is 11.7. The Morgan fingerprint density at radius 2 is 2.00 bits per heavy atom. The Morgan fingerprint density at radius 3 is 2.50 bits per heavy atom. The van der Waals surface area contributed by atoms with Crippen LogP contribution in [0, 0.1) is 0 Å². The second kappa shape index (κ2) is 4.10. The van der Waals surface area contributed by atoms with Crippen molar-refractivity contribution >= 4 is 11.5 Å². The van der Waals surface area contributed by atoms with Gasteiger partial charge in [0.25, 0.3) is 0 Å². The van der Waals surface area contributed by atoms with Crippen molar-refractivity contribution in [2.24, 2.45) is 0 Å². The van der Waals surface area contributed by atoms with Crippen molar-refractivity contribution in [2.45, 2.75) is 19.1 Å². The van der Waals surface area contributed by atoms with E-state index in [9.17, 15) is 4.79 Å². The van der Waals surface area contributed by atoms with Gasteiger partial charge in [0, 0.05) is 7.05 Å². The van der Waals surface area contributed by atoms with E-state index in [1.807, 2.05) is 37.3 Å². The van der Waals surface area contributed by atoms with Crippen LogP contribution in [-0.4, -0.2) is 30.1 Å². The summed E-state index contributed by atoms with van der Waals surface area (Å²) < 4.78 is 0. The molecule has 0 saturated carbocycles. The molecule has 1 aromatic rings. The third-order valence-electron chi connectivity index (χ3n) is 2.99. The van der Waals surface area contributed by atoms with Crippen LogP contribution < -0.4 is 5.32 Å². The van der Waals surface area contributed by atoms with E-state index >= 15 is 0 Å². The molecule has 0 bridgehead atoms. The van der Waals surface area contributed by atoms with Crippen molar-refractivity contribution < 1.29 is 4.79 Å². The van der Waals surface area contributed by atoms with E-state index in [-0.39, 0.29) is 18.1 Å². The average molecular weight is 216 g/mol. The van der Waals surface area contributed by atoms with Crippen molar-refractivity contribution in [3.8, 4) is 0 Å². The first kappa shape index (κ1) is 10.9. The topological polar surface area (TPSA) is 32.3 Å². The number of hydrogen-bond acceptors (Lipinski definition) is 2. The summed E-state index contributed by atoms with van der Waals surface area (Å²) in [4.78, 5) is 13.4. The number of nitrogens with one attached hydrogen (secondary N) is 1. The minimum atomic E-state index is -0.129. The van der Waals surface area contributed by atoms with Crippen LogP contribution in [-0.2, 0) is 4.79 Å². The number of hydrogen-bond donors (Lipinski definition) is 1. The first-order valence-corrected chi connectivity index (χ1v) is 5.38. The van der Waals surface area contributed by atoms with Gasteiger partial charge in [0.2, 0.25) is 5.91 Å². The SMILES string of the molecule is C=C(c1ccccc1)[C@H]1N[C@@H](C)C(=O)N1C. The van der Waals surface area contributed by atoms with E-state index in [1.54, 1.807) is 11.9 Å². The Balaban J connectivity index is 2.21. The van der Waals surface area contributed by atoms with Gasteiger partial charge in [-0.3, -0.25) is 10.1 Å². The van der Waals surface area contributed by atoms with Crippen LogP contribution in [0.5, 0.6) is 0 Å². The Hall–Kier alpha value is -1.61. The van der Waals surface area contributed by atoms with Crippen molar-refractivity contribution in [2.75, 3.05) is 7.05 Å². The zero-order valence-electron chi connectivity index (χ0n) is 9.60. The van der Waals surface area contributed by atoms with Crippen LogP contribution >= 0.6 is 0 Å². The Kier molecular flexibility index (Phi) is 2.79. The molecular formula is C13H16N2O. The molecule has 1 fully saturated rings. The molecule has 1 saturated heterocycles. The van der Waals surface area contributed by atoms with E-state index in [4.69, 9.17) is 0 Å². The summed E-state index contributed by atoms with van der Waals surface area (Å²) in [6, 6.07) is 9.80. The lowest BCUT2D eigenvalue weighted by molar-refractivity contribution is -0.127. The largest absolute Gasteiger partial charge is 0.325 e. The summed E-state index contributed by atoms with van der Waals surface area (Å²) in [5.41, 5.74) is 1.99. The smallest absolute Gasteiger partial charge is 0.240 e. The van der Waals surface area contributed by atoms with Gasteiger partial charge in [-0.1, -0.05) is 36.9 Å². The normalized spacial score (nSPS) is 24.9. The summed E-state index contributed by atoms with van der Waals surface area (Å²) in [6.07, 6.45) is -0.0927. The molecule has 0 aliphatic carbocycles. The highest BCUT2D eigenvalue weighted by Gasteiger charge is 2.35. The maximum atomic E-state index is 11.7. The lowest BCUT2D eigenvalue weighted by Crippen LogP contribution is -2.35. The fourth-order valence-electron chi connectivity index (χ4n) is 2.00. The van der Waals surface area contributed by atoms with E-state index in [0.29, 0.717) is 0 Å². The summed E-state index contributed by atoms with van der Waals surface area (Å²) >= 11 is 0. The van der Waals surface area contributed by atoms with Crippen LogP contribution in [0.2, 0.25) is 0 Å². The molecule has 3 nitrogen and oxygen atoms in total. The minimum absolute atomic E-state index is 0.0927. The van der Waals surface area contributed by atoms with Crippen LogP contribution in [0.3, 0.4) is 0 Å². The molecule has 1 N–H and O–H groups in total. The van der Waals surface area contributed by atoms with Crippen molar-refractivity contribution in [1.82, 2.24) is 10.2 Å². The van der Waals surface area contributed by atoms with Gasteiger partial charge in [0.05, 0.1) is 6.04 Å². The van der Waals surface area contributed by atoms with Crippen LogP contribution in [0.1, 0.15) is 12.5 Å². The van der Waals surface area contributed by atoms with Crippen molar-refractivity contribution in [3.05, 3.63) is 42.5 Å². The van der Waals surface area contributed by atoms with Gasteiger partial charge in [-0.25, -0.2) is 0 Å². The van der Waals surface area contributed by atoms with Gasteiger partial charge >= 0.3 is 0 Å². The summed E-state index contributed by atoms with van der Waals surface area (Å²) in [6.45, 7) is 5.94. The molecule has 0 radical (unpaired) electrons. The fraction of sp³-hybridized carbons (Fsp3) is 0.308. The molecule has 16 heavy (non-hydrogen) atoms. The molecule has 0 spiro atoms. The molecule has 1 amide bonds. The minimum Gasteiger partial charge on any atom is -0.325 e.